The van der Waals surface area contributed by atoms with Crippen molar-refractivity contribution in [2.45, 2.75) is 36.7 Å². The number of para-hydroxylation sites is 1. The number of nitrogens with one attached hydrogen (secondary N) is 1. The fourth-order valence-corrected chi connectivity index (χ4v) is 5.62. The number of hydrogen-bond acceptors (Lipinski definition) is 7. The van der Waals surface area contributed by atoms with E-state index in [2.05, 4.69) is 33.8 Å². The summed E-state index contributed by atoms with van der Waals surface area (Å²) < 4.78 is 20.8. The monoisotopic (exact) mass is 457 g/mol. The summed E-state index contributed by atoms with van der Waals surface area (Å²) in [4.78, 5) is 1.10. The van der Waals surface area contributed by atoms with Crippen LogP contribution in [0.4, 0.5) is 5.69 Å². The molecule has 2 aromatic carbocycles. The van der Waals surface area contributed by atoms with Crippen molar-refractivity contribution in [3.63, 3.8) is 0 Å². The average Bonchev–Trinajstić information content (AvgIpc) is 3.16. The van der Waals surface area contributed by atoms with E-state index in [1.165, 1.54) is 0 Å². The molecule has 0 amide bonds. The van der Waals surface area contributed by atoms with E-state index in [0.29, 0.717) is 12.4 Å². The van der Waals surface area contributed by atoms with Crippen LogP contribution in [0.15, 0.2) is 53.4 Å². The van der Waals surface area contributed by atoms with Crippen molar-refractivity contribution in [1.29, 1.82) is 0 Å². The third-order valence-corrected chi connectivity index (χ3v) is 8.14. The highest BCUT2D eigenvalue weighted by molar-refractivity contribution is 7.99. The molecule has 1 unspecified atom stereocenters. The number of unbranched alkanes of at least 4 members (excludes halogenated alkanes) is 1. The maximum absolute atomic E-state index is 12.7. The molecule has 1 aromatic heterocycles. The molecular formula is C22H28N5O2PS. The fraction of sp³-hybridized carbons (Fsp3) is 0.409. The Bertz CT molecular complexity index is 1070. The Hall–Kier alpha value is -2.31. The van der Waals surface area contributed by atoms with Gasteiger partial charge in [-0.05, 0) is 54.4 Å². The molecule has 1 N–H and O–H groups in total. The van der Waals surface area contributed by atoms with Crippen molar-refractivity contribution in [3.05, 3.63) is 54.4 Å². The lowest BCUT2D eigenvalue weighted by molar-refractivity contribution is 0.236. The van der Waals surface area contributed by atoms with Crippen LogP contribution in [0.1, 0.15) is 25.6 Å². The van der Waals surface area contributed by atoms with Gasteiger partial charge in [0.2, 0.25) is 0 Å². The Morgan fingerprint density at radius 2 is 2.06 bits per heavy atom. The zero-order valence-corrected chi connectivity index (χ0v) is 19.8. The number of nitrogens with zero attached hydrogens (tertiary/aromatic N) is 4. The highest BCUT2D eigenvalue weighted by Crippen LogP contribution is 2.41. The van der Waals surface area contributed by atoms with Crippen LogP contribution >= 0.6 is 18.9 Å². The highest BCUT2D eigenvalue weighted by atomic mass is 32.2. The molecule has 0 radical (unpaired) electrons. The molecule has 31 heavy (non-hydrogen) atoms. The molecule has 7 nitrogen and oxygen atoms in total. The van der Waals surface area contributed by atoms with Crippen molar-refractivity contribution in [1.82, 2.24) is 20.2 Å². The molecule has 164 valence electrons. The normalized spacial score (nSPS) is 18.7. The smallest absolute Gasteiger partial charge is 0.181 e. The van der Waals surface area contributed by atoms with Crippen LogP contribution in [0.5, 0.6) is 5.75 Å². The second kappa shape index (κ2) is 9.05. The molecule has 1 atom stereocenters. The summed E-state index contributed by atoms with van der Waals surface area (Å²) in [7, 11) is -2.38. The maximum Gasteiger partial charge on any atom is 0.181 e. The van der Waals surface area contributed by atoms with Gasteiger partial charge in [-0.2, -0.15) is 0 Å². The van der Waals surface area contributed by atoms with Crippen LogP contribution in [0.25, 0.3) is 0 Å². The quantitative estimate of drug-likeness (QED) is 0.532. The number of rotatable bonds is 7. The summed E-state index contributed by atoms with van der Waals surface area (Å²) in [5, 5.41) is 17.2. The maximum atomic E-state index is 12.7. The number of ether oxygens (including phenoxy) is 1. The number of fused-ring (bicyclic) bond motifs is 1. The van der Waals surface area contributed by atoms with Crippen LogP contribution in [-0.2, 0) is 16.6 Å². The summed E-state index contributed by atoms with van der Waals surface area (Å²) in [6.45, 7) is 6.85. The van der Waals surface area contributed by atoms with Gasteiger partial charge in [-0.25, -0.2) is 4.68 Å². The Morgan fingerprint density at radius 1 is 1.23 bits per heavy atom. The predicted octanol–water partition coefficient (Wildman–Crippen LogP) is 4.21. The molecule has 0 bridgehead atoms. The van der Waals surface area contributed by atoms with Crippen LogP contribution in [-0.4, -0.2) is 45.9 Å². The van der Waals surface area contributed by atoms with Gasteiger partial charge in [-0.15, -0.1) is 16.9 Å². The Labute approximate surface area is 187 Å². The SMILES string of the molecule is CCCCn1nnnc1C1(Nc2cccc(P(C)(C)=O)c2)COc2ccccc2SC1. The average molecular weight is 458 g/mol. The van der Waals surface area contributed by atoms with Gasteiger partial charge in [0.25, 0.3) is 0 Å². The molecule has 9 heteroatoms. The molecule has 2 heterocycles. The van der Waals surface area contributed by atoms with Gasteiger partial charge in [-0.3, -0.25) is 0 Å². The zero-order valence-electron chi connectivity index (χ0n) is 18.1. The van der Waals surface area contributed by atoms with Crippen LogP contribution in [0.2, 0.25) is 0 Å². The van der Waals surface area contributed by atoms with Gasteiger partial charge in [0, 0.05) is 28.2 Å². The first-order valence-corrected chi connectivity index (χ1v) is 14.0. The second-order valence-corrected chi connectivity index (χ2v) is 12.4. The van der Waals surface area contributed by atoms with E-state index in [4.69, 9.17) is 4.74 Å². The molecule has 0 saturated heterocycles. The highest BCUT2D eigenvalue weighted by Gasteiger charge is 2.41. The van der Waals surface area contributed by atoms with Crippen LogP contribution in [0.3, 0.4) is 0 Å². The zero-order chi connectivity index (χ0) is 21.9. The summed E-state index contributed by atoms with van der Waals surface area (Å²) in [6.07, 6.45) is 2.05. The Morgan fingerprint density at radius 3 is 2.87 bits per heavy atom. The van der Waals surface area contributed by atoms with E-state index >= 15 is 0 Å². The van der Waals surface area contributed by atoms with E-state index in [9.17, 15) is 4.57 Å². The molecule has 1 aliphatic rings. The summed E-state index contributed by atoms with van der Waals surface area (Å²) in [6, 6.07) is 15.9. The minimum atomic E-state index is -2.38. The van der Waals surface area contributed by atoms with Gasteiger partial charge in [0.15, 0.2) is 5.82 Å². The van der Waals surface area contributed by atoms with Crippen molar-refractivity contribution in [2.24, 2.45) is 0 Å². The van der Waals surface area contributed by atoms with E-state index in [-0.39, 0.29) is 0 Å². The van der Waals surface area contributed by atoms with Gasteiger partial charge < -0.3 is 14.6 Å². The topological polar surface area (TPSA) is 81.9 Å². The third kappa shape index (κ3) is 4.80. The van der Waals surface area contributed by atoms with E-state index in [1.807, 2.05) is 47.1 Å². The van der Waals surface area contributed by atoms with Gasteiger partial charge >= 0.3 is 0 Å². The molecule has 0 spiro atoms. The molecule has 1 aliphatic heterocycles. The van der Waals surface area contributed by atoms with Crippen LogP contribution < -0.4 is 15.4 Å². The Kier molecular flexibility index (Phi) is 6.39. The largest absolute Gasteiger partial charge is 0.489 e. The predicted molar refractivity (Wildman–Crippen MR) is 126 cm³/mol. The molecule has 0 fully saturated rings. The molecular weight excluding hydrogens is 429 g/mol. The summed E-state index contributed by atoms with van der Waals surface area (Å²) in [5.41, 5.74) is 0.229. The minimum Gasteiger partial charge on any atom is -0.489 e. The van der Waals surface area contributed by atoms with Crippen LogP contribution in [0, 0.1) is 0 Å². The van der Waals surface area contributed by atoms with Crippen molar-refractivity contribution in [3.8, 4) is 5.75 Å². The number of thioether (sulfide) groups is 1. The molecule has 4 rings (SSSR count). The number of aryl methyl sites for hydroxylation is 1. The summed E-state index contributed by atoms with van der Waals surface area (Å²) in [5.74, 6) is 2.31. The van der Waals surface area contributed by atoms with Crippen molar-refractivity contribution in [2.75, 3.05) is 31.0 Å². The molecule has 0 aliphatic carbocycles. The minimum absolute atomic E-state index is 0.379. The lowest BCUT2D eigenvalue weighted by atomic mass is 10.0. The first-order chi connectivity index (χ1) is 14.9. The molecule has 0 saturated carbocycles. The van der Waals surface area contributed by atoms with Gasteiger partial charge in [-0.1, -0.05) is 37.6 Å². The second-order valence-electron chi connectivity index (χ2n) is 8.21. The fourth-order valence-electron chi connectivity index (χ4n) is 3.59. The third-order valence-electron chi connectivity index (χ3n) is 5.33. The summed E-state index contributed by atoms with van der Waals surface area (Å²) >= 11 is 1.73. The van der Waals surface area contributed by atoms with Crippen molar-refractivity contribution >= 4 is 29.9 Å². The van der Waals surface area contributed by atoms with E-state index < -0.39 is 12.7 Å². The number of tetrazole rings is 1. The first-order valence-electron chi connectivity index (χ1n) is 10.5. The van der Waals surface area contributed by atoms with Crippen molar-refractivity contribution < 1.29 is 9.30 Å². The number of hydrogen-bond donors (Lipinski definition) is 1. The lowest BCUT2D eigenvalue weighted by Crippen LogP contribution is -2.45. The Balaban J connectivity index is 1.74. The first kappa shape index (κ1) is 21.9. The van der Waals surface area contributed by atoms with Gasteiger partial charge in [0.05, 0.1) is 0 Å². The number of benzene rings is 2. The van der Waals surface area contributed by atoms with E-state index in [1.54, 1.807) is 25.1 Å². The van der Waals surface area contributed by atoms with Gasteiger partial charge in [0.1, 0.15) is 25.0 Å². The molecule has 3 aromatic rings. The standard InChI is InChI=1S/C22H28N5O2PS/c1-4-5-13-27-21(24-25-26-27)22(15-29-19-11-6-7-12-20(19)31-16-22)23-17-9-8-10-18(14-17)30(2,3)28/h6-12,14,23H,4-5,13,15-16H2,1-3H3. The number of anilines is 1. The van der Waals surface area contributed by atoms with E-state index in [0.717, 1.165) is 46.8 Å². The lowest BCUT2D eigenvalue weighted by Gasteiger charge is -2.32. The number of aromatic nitrogens is 4.